The van der Waals surface area contributed by atoms with Gasteiger partial charge in [-0.05, 0) is 43.5 Å². The minimum Gasteiger partial charge on any atom is -0.480 e. The lowest BCUT2D eigenvalue weighted by molar-refractivity contribution is -0.152. The lowest BCUT2D eigenvalue weighted by atomic mass is 9.92. The third-order valence-corrected chi connectivity index (χ3v) is 4.85. The second kappa shape index (κ2) is 7.72. The molecule has 7 heteroatoms. The van der Waals surface area contributed by atoms with E-state index in [4.69, 9.17) is 0 Å². The third kappa shape index (κ3) is 3.98. The van der Waals surface area contributed by atoms with E-state index in [1.54, 1.807) is 12.1 Å². The number of benzene rings is 2. The van der Waals surface area contributed by atoms with Crippen molar-refractivity contribution in [2.45, 2.75) is 26.8 Å². The van der Waals surface area contributed by atoms with Gasteiger partial charge in [-0.15, -0.1) is 0 Å². The van der Waals surface area contributed by atoms with Crippen molar-refractivity contribution >= 4 is 29.3 Å². The number of urea groups is 1. The van der Waals surface area contributed by atoms with Crippen LogP contribution in [0.15, 0.2) is 48.5 Å². The molecule has 1 aliphatic rings. The van der Waals surface area contributed by atoms with Crippen LogP contribution in [0.25, 0.3) is 0 Å². The van der Waals surface area contributed by atoms with E-state index in [9.17, 15) is 19.5 Å². The van der Waals surface area contributed by atoms with Crippen LogP contribution in [0.2, 0.25) is 0 Å². The summed E-state index contributed by atoms with van der Waals surface area (Å²) in [5.41, 5.74) is 1.60. The molecule has 0 unspecified atom stereocenters. The van der Waals surface area contributed by atoms with Gasteiger partial charge in [0.1, 0.15) is 5.41 Å². The molecule has 3 N–H and O–H groups in total. The maximum atomic E-state index is 12.7. The average molecular weight is 381 g/mol. The molecule has 0 saturated heterocycles. The summed E-state index contributed by atoms with van der Waals surface area (Å²) in [6.07, 6.45) is 0.650. The normalized spacial score (nSPS) is 13.0. The number of carboxylic acids is 1. The summed E-state index contributed by atoms with van der Waals surface area (Å²) in [5, 5.41) is 14.9. The molecule has 2 aromatic carbocycles. The molecular formula is C21H23N3O4. The van der Waals surface area contributed by atoms with E-state index in [0.29, 0.717) is 30.9 Å². The molecular weight excluding hydrogens is 358 g/mol. The standard InChI is InChI=1S/C21H23N3O4/c1-21(2,19(26)27)18(25)24-11-10-15-8-9-16(12-17(15)24)23-20(28)22-13-14-6-4-3-5-7-14/h3-9,12H,10-11,13H2,1-2H3,(H,26,27)(H2,22,23,28). The van der Waals surface area contributed by atoms with Crippen LogP contribution in [0.1, 0.15) is 25.0 Å². The van der Waals surface area contributed by atoms with Gasteiger partial charge < -0.3 is 20.6 Å². The first-order chi connectivity index (χ1) is 13.3. The maximum Gasteiger partial charge on any atom is 0.319 e. The van der Waals surface area contributed by atoms with Crippen LogP contribution >= 0.6 is 0 Å². The number of anilines is 2. The molecule has 146 valence electrons. The topological polar surface area (TPSA) is 98.7 Å². The highest BCUT2D eigenvalue weighted by Gasteiger charge is 2.41. The number of amides is 3. The molecule has 0 aliphatic carbocycles. The summed E-state index contributed by atoms with van der Waals surface area (Å²) in [6, 6.07) is 14.5. The lowest BCUT2D eigenvalue weighted by Crippen LogP contribution is -2.44. The number of nitrogens with one attached hydrogen (secondary N) is 2. The Bertz CT molecular complexity index is 909. The predicted molar refractivity (Wildman–Crippen MR) is 106 cm³/mol. The molecule has 2 aromatic rings. The van der Waals surface area contributed by atoms with Crippen molar-refractivity contribution in [2.24, 2.45) is 5.41 Å². The molecule has 0 aromatic heterocycles. The van der Waals surface area contributed by atoms with Gasteiger partial charge in [0.15, 0.2) is 0 Å². The summed E-state index contributed by atoms with van der Waals surface area (Å²) in [6.45, 7) is 3.62. The van der Waals surface area contributed by atoms with Crippen molar-refractivity contribution in [3.63, 3.8) is 0 Å². The monoisotopic (exact) mass is 381 g/mol. The van der Waals surface area contributed by atoms with E-state index in [-0.39, 0.29) is 6.03 Å². The zero-order valence-corrected chi connectivity index (χ0v) is 15.9. The van der Waals surface area contributed by atoms with Gasteiger partial charge in [-0.1, -0.05) is 36.4 Å². The second-order valence-corrected chi connectivity index (χ2v) is 7.27. The summed E-state index contributed by atoms with van der Waals surface area (Å²) in [5.74, 6) is -1.63. The van der Waals surface area contributed by atoms with Gasteiger partial charge >= 0.3 is 12.0 Å². The summed E-state index contributed by atoms with van der Waals surface area (Å²) in [7, 11) is 0. The molecule has 0 saturated carbocycles. The minimum absolute atomic E-state index is 0.356. The molecule has 7 nitrogen and oxygen atoms in total. The van der Waals surface area contributed by atoms with Gasteiger partial charge in [-0.25, -0.2) is 4.79 Å². The Labute approximate surface area is 163 Å². The maximum absolute atomic E-state index is 12.7. The first-order valence-electron chi connectivity index (χ1n) is 9.06. The summed E-state index contributed by atoms with van der Waals surface area (Å²) < 4.78 is 0. The predicted octanol–water partition coefficient (Wildman–Crippen LogP) is 3.01. The summed E-state index contributed by atoms with van der Waals surface area (Å²) in [4.78, 5) is 37.8. The van der Waals surface area contributed by atoms with Crippen molar-refractivity contribution in [1.82, 2.24) is 5.32 Å². The largest absolute Gasteiger partial charge is 0.480 e. The molecule has 0 fully saturated rings. The molecule has 1 aliphatic heterocycles. The van der Waals surface area contributed by atoms with Gasteiger partial charge in [0.05, 0.1) is 0 Å². The van der Waals surface area contributed by atoms with E-state index >= 15 is 0 Å². The lowest BCUT2D eigenvalue weighted by Gasteiger charge is -2.26. The number of fused-ring (bicyclic) bond motifs is 1. The number of carbonyl (C=O) groups is 3. The fourth-order valence-corrected chi connectivity index (χ4v) is 3.05. The van der Waals surface area contributed by atoms with E-state index in [0.717, 1.165) is 11.1 Å². The number of hydrogen-bond acceptors (Lipinski definition) is 3. The van der Waals surface area contributed by atoms with Gasteiger partial charge in [-0.3, -0.25) is 9.59 Å². The fourth-order valence-electron chi connectivity index (χ4n) is 3.05. The summed E-state index contributed by atoms with van der Waals surface area (Å²) >= 11 is 0. The van der Waals surface area contributed by atoms with Crippen LogP contribution in [0.3, 0.4) is 0 Å². The number of nitrogens with zero attached hydrogens (tertiary/aromatic N) is 1. The quantitative estimate of drug-likeness (QED) is 0.694. The van der Waals surface area contributed by atoms with Crippen molar-refractivity contribution < 1.29 is 19.5 Å². The van der Waals surface area contributed by atoms with Crippen molar-refractivity contribution in [3.8, 4) is 0 Å². The Morgan fingerprint density at radius 2 is 1.82 bits per heavy atom. The fraction of sp³-hybridized carbons (Fsp3) is 0.286. The highest BCUT2D eigenvalue weighted by molar-refractivity contribution is 6.10. The van der Waals surface area contributed by atoms with Crippen LogP contribution in [0.5, 0.6) is 0 Å². The Kier molecular flexibility index (Phi) is 5.35. The average Bonchev–Trinajstić information content (AvgIpc) is 3.09. The number of hydrogen-bond donors (Lipinski definition) is 3. The molecule has 0 spiro atoms. The van der Waals surface area contributed by atoms with E-state index in [2.05, 4.69) is 10.6 Å². The van der Waals surface area contributed by atoms with Crippen molar-refractivity contribution in [3.05, 3.63) is 59.7 Å². The Balaban J connectivity index is 1.70. The molecule has 0 bridgehead atoms. The number of carbonyl (C=O) groups excluding carboxylic acids is 2. The van der Waals surface area contributed by atoms with Crippen LogP contribution < -0.4 is 15.5 Å². The van der Waals surface area contributed by atoms with Crippen LogP contribution in [-0.4, -0.2) is 29.6 Å². The first-order valence-corrected chi connectivity index (χ1v) is 9.06. The van der Waals surface area contributed by atoms with Gasteiger partial charge in [0.2, 0.25) is 5.91 Å². The highest BCUT2D eigenvalue weighted by atomic mass is 16.4. The molecule has 0 radical (unpaired) electrons. The van der Waals surface area contributed by atoms with Crippen LogP contribution in [0.4, 0.5) is 16.2 Å². The molecule has 3 rings (SSSR count). The first kappa shape index (κ1) is 19.4. The minimum atomic E-state index is -1.52. The van der Waals surface area contributed by atoms with Crippen molar-refractivity contribution in [2.75, 3.05) is 16.8 Å². The van der Waals surface area contributed by atoms with E-state index in [1.165, 1.54) is 18.7 Å². The van der Waals surface area contributed by atoms with Gasteiger partial charge in [0, 0.05) is 24.5 Å². The number of carboxylic acid groups (broad SMARTS) is 1. The Morgan fingerprint density at radius 1 is 1.11 bits per heavy atom. The molecule has 1 heterocycles. The molecule has 28 heavy (non-hydrogen) atoms. The SMILES string of the molecule is CC(C)(C(=O)O)C(=O)N1CCc2ccc(NC(=O)NCc3ccccc3)cc21. The third-order valence-electron chi connectivity index (χ3n) is 4.85. The number of rotatable bonds is 5. The Hall–Kier alpha value is -3.35. The van der Waals surface area contributed by atoms with Gasteiger partial charge in [0.25, 0.3) is 0 Å². The van der Waals surface area contributed by atoms with Gasteiger partial charge in [-0.2, -0.15) is 0 Å². The zero-order chi connectivity index (χ0) is 20.3. The smallest absolute Gasteiger partial charge is 0.319 e. The van der Waals surface area contributed by atoms with Crippen LogP contribution in [0, 0.1) is 5.41 Å². The second-order valence-electron chi connectivity index (χ2n) is 7.27. The van der Waals surface area contributed by atoms with Crippen LogP contribution in [-0.2, 0) is 22.6 Å². The Morgan fingerprint density at radius 3 is 2.50 bits per heavy atom. The zero-order valence-electron chi connectivity index (χ0n) is 15.9. The molecule has 3 amide bonds. The van der Waals surface area contributed by atoms with Crippen molar-refractivity contribution in [1.29, 1.82) is 0 Å². The highest BCUT2D eigenvalue weighted by Crippen LogP contribution is 2.34. The van der Waals surface area contributed by atoms with E-state index in [1.807, 2.05) is 36.4 Å². The van der Waals surface area contributed by atoms with E-state index < -0.39 is 17.3 Å². The molecule has 0 atom stereocenters. The number of aliphatic carboxylic acids is 1.